The van der Waals surface area contributed by atoms with Crippen LogP contribution >= 0.6 is 23.2 Å². The van der Waals surface area contributed by atoms with Gasteiger partial charge in [0.1, 0.15) is 34.6 Å². The molecule has 0 amide bonds. The smallest absolute Gasteiger partial charge is 0.480 e. The third kappa shape index (κ3) is 6.79. The lowest BCUT2D eigenvalue weighted by molar-refractivity contribution is -0.192. The molecule has 1 aliphatic heterocycles. The number of rotatable bonds is 6. The molecular weight excluding hydrogens is 622 g/mol. The molecule has 230 valence electrons. The van der Waals surface area contributed by atoms with Crippen molar-refractivity contribution in [3.8, 4) is 6.07 Å². The van der Waals surface area contributed by atoms with Crippen LogP contribution in [0.2, 0.25) is 10.0 Å². The number of alkyl halides is 3. The Labute approximate surface area is 252 Å². The minimum absolute atomic E-state index is 0.0774. The highest BCUT2D eigenvalue weighted by Gasteiger charge is 2.61. The van der Waals surface area contributed by atoms with Gasteiger partial charge in [0, 0.05) is 28.0 Å². The molecule has 4 atom stereocenters. The number of aryl methyl sites for hydroxylation is 1. The van der Waals surface area contributed by atoms with Gasteiger partial charge in [-0.15, -0.1) is 0 Å². The first-order valence-electron chi connectivity index (χ1n) is 12.5. The number of nitrogens with zero attached hydrogens (tertiary/aromatic N) is 1. The SMILES string of the molecule is Cc1ccc(C(C)(C)CC2NC(C(=O)O)C(c3cccc(Cl)c3F)C2(C#N)c2ccc(Cl)cc2F)o1.O=C(O)C(F)(F)F. The van der Waals surface area contributed by atoms with E-state index in [1.807, 2.05) is 19.9 Å². The number of hydrogen-bond donors (Lipinski definition) is 3. The van der Waals surface area contributed by atoms with Crippen LogP contribution < -0.4 is 5.32 Å². The van der Waals surface area contributed by atoms with E-state index >= 15 is 8.78 Å². The van der Waals surface area contributed by atoms with Gasteiger partial charge in [0.2, 0.25) is 0 Å². The van der Waals surface area contributed by atoms with Crippen molar-refractivity contribution >= 4 is 35.1 Å². The second kappa shape index (κ2) is 12.5. The predicted molar refractivity (Wildman–Crippen MR) is 146 cm³/mol. The van der Waals surface area contributed by atoms with Gasteiger partial charge in [0.25, 0.3) is 0 Å². The number of nitriles is 1. The summed E-state index contributed by atoms with van der Waals surface area (Å²) in [6, 6.07) is 11.5. The maximum absolute atomic E-state index is 15.5. The number of furan rings is 1. The van der Waals surface area contributed by atoms with Crippen molar-refractivity contribution < 1.29 is 46.2 Å². The van der Waals surface area contributed by atoms with E-state index in [9.17, 15) is 28.3 Å². The summed E-state index contributed by atoms with van der Waals surface area (Å²) in [4.78, 5) is 21.4. The molecule has 1 aliphatic rings. The van der Waals surface area contributed by atoms with Crippen LogP contribution in [-0.2, 0) is 20.4 Å². The van der Waals surface area contributed by atoms with E-state index in [4.69, 9.17) is 37.5 Å². The minimum Gasteiger partial charge on any atom is -0.480 e. The molecule has 0 radical (unpaired) electrons. The zero-order valence-electron chi connectivity index (χ0n) is 22.8. The third-order valence-electron chi connectivity index (χ3n) is 7.26. The zero-order valence-corrected chi connectivity index (χ0v) is 24.3. The Hall–Kier alpha value is -3.66. The van der Waals surface area contributed by atoms with Gasteiger partial charge in [-0.3, -0.25) is 10.1 Å². The first-order chi connectivity index (χ1) is 19.9. The molecule has 14 heteroatoms. The van der Waals surface area contributed by atoms with E-state index in [0.29, 0.717) is 11.5 Å². The second-order valence-electron chi connectivity index (χ2n) is 10.6. The molecule has 0 bridgehead atoms. The fourth-order valence-corrected chi connectivity index (χ4v) is 5.68. The lowest BCUT2D eigenvalue weighted by Gasteiger charge is -2.37. The Morgan fingerprint density at radius 2 is 1.72 bits per heavy atom. The summed E-state index contributed by atoms with van der Waals surface area (Å²) in [7, 11) is 0. The summed E-state index contributed by atoms with van der Waals surface area (Å²) in [5.74, 6) is -5.71. The predicted octanol–water partition coefficient (Wildman–Crippen LogP) is 7.14. The number of carboxylic acid groups (broad SMARTS) is 2. The van der Waals surface area contributed by atoms with E-state index in [2.05, 4.69) is 11.4 Å². The fourth-order valence-electron chi connectivity index (χ4n) is 5.34. The molecule has 4 rings (SSSR count). The first-order valence-corrected chi connectivity index (χ1v) is 13.3. The molecule has 1 saturated heterocycles. The number of carbonyl (C=O) groups is 2. The van der Waals surface area contributed by atoms with Gasteiger partial charge in [-0.2, -0.15) is 18.4 Å². The molecule has 0 saturated carbocycles. The van der Waals surface area contributed by atoms with Crippen molar-refractivity contribution in [2.24, 2.45) is 0 Å². The molecule has 0 spiro atoms. The van der Waals surface area contributed by atoms with Crippen LogP contribution in [0.4, 0.5) is 22.0 Å². The van der Waals surface area contributed by atoms with Crippen LogP contribution in [0.15, 0.2) is 52.9 Å². The quantitative estimate of drug-likeness (QED) is 0.243. The summed E-state index contributed by atoms with van der Waals surface area (Å²) in [5.41, 5.74) is -2.69. The largest absolute Gasteiger partial charge is 0.490 e. The molecule has 0 aliphatic carbocycles. The zero-order chi connectivity index (χ0) is 32.5. The van der Waals surface area contributed by atoms with E-state index in [0.717, 1.165) is 6.07 Å². The Morgan fingerprint density at radius 3 is 2.21 bits per heavy atom. The van der Waals surface area contributed by atoms with Crippen LogP contribution in [0.25, 0.3) is 0 Å². The van der Waals surface area contributed by atoms with Gasteiger partial charge < -0.3 is 14.6 Å². The lowest BCUT2D eigenvalue weighted by Crippen LogP contribution is -2.46. The van der Waals surface area contributed by atoms with Crippen LogP contribution in [0.5, 0.6) is 0 Å². The molecule has 3 aromatic rings. The van der Waals surface area contributed by atoms with Gasteiger partial charge in [-0.05, 0) is 49.2 Å². The summed E-state index contributed by atoms with van der Waals surface area (Å²) in [5, 5.41) is 30.9. The highest BCUT2D eigenvalue weighted by molar-refractivity contribution is 6.31. The van der Waals surface area contributed by atoms with E-state index in [-0.39, 0.29) is 27.6 Å². The fraction of sp³-hybridized carbons (Fsp3) is 0.345. The number of carboxylic acids is 2. The molecule has 7 nitrogen and oxygen atoms in total. The second-order valence-corrected chi connectivity index (χ2v) is 11.4. The van der Waals surface area contributed by atoms with Crippen molar-refractivity contribution in [2.75, 3.05) is 0 Å². The van der Waals surface area contributed by atoms with Gasteiger partial charge >= 0.3 is 18.1 Å². The van der Waals surface area contributed by atoms with E-state index < -0.39 is 58.6 Å². The summed E-state index contributed by atoms with van der Waals surface area (Å²) >= 11 is 12.0. The molecular formula is C29H25Cl2F5N2O5. The van der Waals surface area contributed by atoms with Crippen LogP contribution in [0.3, 0.4) is 0 Å². The van der Waals surface area contributed by atoms with Crippen LogP contribution in [-0.4, -0.2) is 40.4 Å². The first kappa shape index (κ1) is 33.8. The topological polar surface area (TPSA) is 124 Å². The number of nitrogens with one attached hydrogen (secondary N) is 1. The van der Waals surface area contributed by atoms with Gasteiger partial charge in [0.15, 0.2) is 0 Å². The van der Waals surface area contributed by atoms with E-state index in [1.165, 1.54) is 30.3 Å². The molecule has 3 N–H and O–H groups in total. The Morgan fingerprint density at radius 1 is 1.09 bits per heavy atom. The van der Waals surface area contributed by atoms with Crippen molar-refractivity contribution in [3.05, 3.63) is 92.9 Å². The Balaban J connectivity index is 0.000000646. The standard InChI is InChI=1S/C27H24Cl2F2N2O3.C2HF3O2/c1-14-7-10-21(36-14)26(2,3)12-20-27(13-32,17-9-8-15(28)11-19(17)30)22(24(33-20)25(34)35)16-5-4-6-18(29)23(16)31;3-2(4,5)1(6)7/h4-11,20,22,24,33H,12H2,1-3H3,(H,34,35);(H,6,7). The van der Waals surface area contributed by atoms with Crippen molar-refractivity contribution in [2.45, 2.75) is 62.2 Å². The average Bonchev–Trinajstić information content (AvgIpc) is 3.48. The van der Waals surface area contributed by atoms with Gasteiger partial charge in [0.05, 0.1) is 11.1 Å². The maximum Gasteiger partial charge on any atom is 0.490 e. The average molecular weight is 647 g/mol. The van der Waals surface area contributed by atoms with Crippen molar-refractivity contribution in [1.82, 2.24) is 5.32 Å². The number of halogens is 7. The summed E-state index contributed by atoms with van der Waals surface area (Å²) in [6.45, 7) is 5.57. The van der Waals surface area contributed by atoms with E-state index in [1.54, 1.807) is 13.0 Å². The summed E-state index contributed by atoms with van der Waals surface area (Å²) < 4.78 is 68.5. The normalized spacial score (nSPS) is 21.9. The molecule has 2 aromatic carbocycles. The monoisotopic (exact) mass is 646 g/mol. The van der Waals surface area contributed by atoms with Crippen molar-refractivity contribution in [3.63, 3.8) is 0 Å². The maximum atomic E-state index is 15.5. The number of aliphatic carboxylic acids is 2. The van der Waals surface area contributed by atoms with Crippen LogP contribution in [0.1, 0.15) is 48.8 Å². The number of benzene rings is 2. The Kier molecular flexibility index (Phi) is 9.85. The molecule has 1 fully saturated rings. The Bertz CT molecular complexity index is 1570. The minimum atomic E-state index is -5.08. The summed E-state index contributed by atoms with van der Waals surface area (Å²) in [6.07, 6.45) is -4.90. The van der Waals surface area contributed by atoms with Crippen LogP contribution in [0, 0.1) is 29.9 Å². The lowest BCUT2D eigenvalue weighted by atomic mass is 9.62. The molecule has 4 unspecified atom stereocenters. The third-order valence-corrected chi connectivity index (χ3v) is 7.79. The highest BCUT2D eigenvalue weighted by atomic mass is 35.5. The number of hydrogen-bond acceptors (Lipinski definition) is 5. The highest BCUT2D eigenvalue weighted by Crippen LogP contribution is 2.53. The molecule has 1 aromatic heterocycles. The van der Waals surface area contributed by atoms with Crippen molar-refractivity contribution in [1.29, 1.82) is 5.26 Å². The van der Waals surface area contributed by atoms with Gasteiger partial charge in [-0.25, -0.2) is 13.6 Å². The molecule has 43 heavy (non-hydrogen) atoms. The molecule has 2 heterocycles. The van der Waals surface area contributed by atoms with Gasteiger partial charge in [-0.1, -0.05) is 55.2 Å².